The lowest BCUT2D eigenvalue weighted by molar-refractivity contribution is -0.205. The number of nitrogens with zero attached hydrogens (tertiary/aromatic N) is 1. The number of rotatable bonds is 0. The number of hydrogen-bond acceptors (Lipinski definition) is 6. The molecule has 3 heterocycles. The summed E-state index contributed by atoms with van der Waals surface area (Å²) in [6.07, 6.45) is -0.105. The third-order valence-electron chi connectivity index (χ3n) is 5.98. The second-order valence-corrected chi connectivity index (χ2v) is 7.14. The van der Waals surface area contributed by atoms with Crippen LogP contribution in [0.25, 0.3) is 0 Å². The van der Waals surface area contributed by atoms with Crippen LogP contribution >= 0.6 is 0 Å². The minimum Gasteiger partial charge on any atom is -0.454 e. The minimum absolute atomic E-state index is 0.0455. The highest BCUT2D eigenvalue weighted by Gasteiger charge is 2.53. The van der Waals surface area contributed by atoms with E-state index < -0.39 is 12.4 Å². The zero-order chi connectivity index (χ0) is 15.7. The van der Waals surface area contributed by atoms with Crippen LogP contribution in [0.15, 0.2) is 12.1 Å². The molecule has 4 aliphatic rings. The quantitative estimate of drug-likeness (QED) is 0.743. The van der Waals surface area contributed by atoms with Crippen molar-refractivity contribution in [1.29, 1.82) is 0 Å². The van der Waals surface area contributed by atoms with Crippen molar-refractivity contribution in [2.75, 3.05) is 20.4 Å². The first-order valence-electron chi connectivity index (χ1n) is 8.29. The van der Waals surface area contributed by atoms with Gasteiger partial charge in [0.05, 0.1) is 12.2 Å². The molecule has 6 unspecified atom stereocenters. The van der Waals surface area contributed by atoms with E-state index in [1.165, 1.54) is 0 Å². The molecule has 5 rings (SSSR count). The summed E-state index contributed by atoms with van der Waals surface area (Å²) >= 11 is 0. The van der Waals surface area contributed by atoms with Gasteiger partial charge in [0.15, 0.2) is 17.8 Å². The van der Waals surface area contributed by atoms with Crippen LogP contribution in [0.1, 0.15) is 36.2 Å². The van der Waals surface area contributed by atoms with Crippen molar-refractivity contribution in [3.05, 3.63) is 23.3 Å². The highest BCUT2D eigenvalue weighted by molar-refractivity contribution is 5.52. The molecule has 0 bridgehead atoms. The van der Waals surface area contributed by atoms with Crippen LogP contribution in [0, 0.1) is 5.92 Å². The smallest absolute Gasteiger partial charge is 0.231 e. The van der Waals surface area contributed by atoms with Gasteiger partial charge in [-0.2, -0.15) is 0 Å². The van der Waals surface area contributed by atoms with Crippen molar-refractivity contribution in [1.82, 2.24) is 4.90 Å². The van der Waals surface area contributed by atoms with Gasteiger partial charge in [0, 0.05) is 17.5 Å². The van der Waals surface area contributed by atoms with E-state index in [1.807, 2.05) is 12.1 Å². The summed E-state index contributed by atoms with van der Waals surface area (Å²) in [4.78, 5) is 2.36. The Labute approximate surface area is 134 Å². The third-order valence-corrected chi connectivity index (χ3v) is 5.98. The van der Waals surface area contributed by atoms with E-state index in [0.717, 1.165) is 30.5 Å². The van der Waals surface area contributed by atoms with E-state index in [4.69, 9.17) is 14.2 Å². The number of fused-ring (bicyclic) bond motifs is 6. The highest BCUT2D eigenvalue weighted by atomic mass is 16.7. The predicted octanol–water partition coefficient (Wildman–Crippen LogP) is 0.974. The van der Waals surface area contributed by atoms with E-state index >= 15 is 0 Å². The van der Waals surface area contributed by atoms with E-state index in [-0.39, 0.29) is 18.8 Å². The Bertz CT molecular complexity index is 650. The van der Waals surface area contributed by atoms with Crippen molar-refractivity contribution in [2.24, 2.45) is 5.92 Å². The molecule has 1 saturated heterocycles. The number of aliphatic hydroxyl groups excluding tert-OH is 2. The lowest BCUT2D eigenvalue weighted by atomic mass is 9.69. The molecule has 0 aromatic heterocycles. The number of aliphatic hydroxyl groups is 2. The summed E-state index contributed by atoms with van der Waals surface area (Å²) in [5.74, 6) is 1.88. The van der Waals surface area contributed by atoms with Crippen molar-refractivity contribution in [3.63, 3.8) is 0 Å². The van der Waals surface area contributed by atoms with Crippen molar-refractivity contribution in [2.45, 2.75) is 43.3 Å². The third kappa shape index (κ3) is 1.89. The van der Waals surface area contributed by atoms with Crippen LogP contribution in [-0.2, 0) is 4.74 Å². The molecule has 1 aromatic carbocycles. The van der Waals surface area contributed by atoms with Crippen LogP contribution in [0.2, 0.25) is 0 Å². The lowest BCUT2D eigenvalue weighted by Crippen LogP contribution is -2.54. The normalized spacial score (nSPS) is 41.3. The highest BCUT2D eigenvalue weighted by Crippen LogP contribution is 2.52. The second kappa shape index (κ2) is 4.83. The average molecular weight is 319 g/mol. The Kier molecular flexibility index (Phi) is 2.95. The fourth-order valence-electron chi connectivity index (χ4n) is 4.99. The molecule has 3 aliphatic heterocycles. The maximum absolute atomic E-state index is 10.6. The Morgan fingerprint density at radius 2 is 1.87 bits per heavy atom. The Morgan fingerprint density at radius 1 is 1.13 bits per heavy atom. The van der Waals surface area contributed by atoms with Crippen LogP contribution in [0.3, 0.4) is 0 Å². The van der Waals surface area contributed by atoms with E-state index in [2.05, 4.69) is 11.9 Å². The van der Waals surface area contributed by atoms with Crippen LogP contribution < -0.4 is 9.47 Å². The first-order chi connectivity index (χ1) is 11.1. The molecule has 1 saturated carbocycles. The van der Waals surface area contributed by atoms with Gasteiger partial charge < -0.3 is 29.3 Å². The summed E-state index contributed by atoms with van der Waals surface area (Å²) in [6.45, 7) is 1.24. The standard InChI is InChI=1S/C17H21NO5/c1-18-3-2-8-4-11(19)16-14(15(8)18)9-5-12-13(22-7-21-12)6-10(9)17(20)23-16/h5-6,8,11,14-17,19-20H,2-4,7H2,1H3. The van der Waals surface area contributed by atoms with E-state index in [9.17, 15) is 10.2 Å². The second-order valence-electron chi connectivity index (χ2n) is 7.14. The predicted molar refractivity (Wildman–Crippen MR) is 80.3 cm³/mol. The van der Waals surface area contributed by atoms with Crippen molar-refractivity contribution < 1.29 is 24.4 Å². The zero-order valence-electron chi connectivity index (χ0n) is 13.0. The van der Waals surface area contributed by atoms with Gasteiger partial charge in [0.25, 0.3) is 0 Å². The van der Waals surface area contributed by atoms with Gasteiger partial charge in [-0.25, -0.2) is 0 Å². The first kappa shape index (κ1) is 14.0. The molecule has 6 atom stereocenters. The SMILES string of the molecule is CN1CCC2CC(O)C3OC(O)c4cc5c(cc4C3C21)OCO5. The molecular formula is C17H21NO5. The Morgan fingerprint density at radius 3 is 2.65 bits per heavy atom. The number of likely N-dealkylation sites (tertiary alicyclic amines) is 1. The van der Waals surface area contributed by atoms with Crippen molar-refractivity contribution >= 4 is 0 Å². The van der Waals surface area contributed by atoms with Gasteiger partial charge in [-0.05, 0) is 50.0 Å². The van der Waals surface area contributed by atoms with Gasteiger partial charge in [-0.3, -0.25) is 0 Å². The first-order valence-corrected chi connectivity index (χ1v) is 8.29. The lowest BCUT2D eigenvalue weighted by Gasteiger charge is -2.48. The number of ether oxygens (including phenoxy) is 3. The summed E-state index contributed by atoms with van der Waals surface area (Å²) in [5, 5.41) is 21.0. The van der Waals surface area contributed by atoms with Gasteiger partial charge in [0.2, 0.25) is 6.79 Å². The zero-order valence-corrected chi connectivity index (χ0v) is 13.0. The number of hydrogen-bond donors (Lipinski definition) is 2. The number of benzene rings is 1. The van der Waals surface area contributed by atoms with Gasteiger partial charge in [-0.15, -0.1) is 0 Å². The summed E-state index contributed by atoms with van der Waals surface area (Å²) in [7, 11) is 2.14. The van der Waals surface area contributed by atoms with Crippen molar-refractivity contribution in [3.8, 4) is 11.5 Å². The molecule has 1 aliphatic carbocycles. The molecule has 0 spiro atoms. The van der Waals surface area contributed by atoms with Gasteiger partial charge in [0.1, 0.15) is 0 Å². The van der Waals surface area contributed by atoms with Crippen LogP contribution in [0.4, 0.5) is 0 Å². The molecule has 6 nitrogen and oxygen atoms in total. The van der Waals surface area contributed by atoms with Crippen LogP contribution in [0.5, 0.6) is 11.5 Å². The molecule has 6 heteroatoms. The molecular weight excluding hydrogens is 298 g/mol. The summed E-state index contributed by atoms with van der Waals surface area (Å²) < 4.78 is 16.8. The molecule has 23 heavy (non-hydrogen) atoms. The molecule has 1 aromatic rings. The summed E-state index contributed by atoms with van der Waals surface area (Å²) in [6, 6.07) is 4.13. The van der Waals surface area contributed by atoms with Crippen LogP contribution in [-0.4, -0.2) is 53.7 Å². The van der Waals surface area contributed by atoms with Gasteiger partial charge in [-0.1, -0.05) is 0 Å². The molecule has 2 fully saturated rings. The molecule has 124 valence electrons. The largest absolute Gasteiger partial charge is 0.454 e. The monoisotopic (exact) mass is 319 g/mol. The summed E-state index contributed by atoms with van der Waals surface area (Å²) in [5.41, 5.74) is 1.77. The van der Waals surface area contributed by atoms with E-state index in [0.29, 0.717) is 23.5 Å². The maximum Gasteiger partial charge on any atom is 0.231 e. The maximum atomic E-state index is 10.6. The molecule has 2 N–H and O–H groups in total. The van der Waals surface area contributed by atoms with Gasteiger partial charge >= 0.3 is 0 Å². The number of likely N-dealkylation sites (N-methyl/N-ethyl adjacent to an activating group) is 1. The average Bonchev–Trinajstić information content (AvgIpc) is 3.13. The minimum atomic E-state index is -1.03. The molecule has 0 radical (unpaired) electrons. The van der Waals surface area contributed by atoms with E-state index in [1.54, 1.807) is 0 Å². The fourth-order valence-corrected chi connectivity index (χ4v) is 4.99. The Balaban J connectivity index is 1.66. The fraction of sp³-hybridized carbons (Fsp3) is 0.647. The Hall–Kier alpha value is -1.34. The topological polar surface area (TPSA) is 71.4 Å². The molecule has 0 amide bonds.